The van der Waals surface area contributed by atoms with Gasteiger partial charge in [0.1, 0.15) is 0 Å². The summed E-state index contributed by atoms with van der Waals surface area (Å²) in [5, 5.41) is 6.09. The van der Waals surface area contributed by atoms with Crippen LogP contribution >= 0.6 is 0 Å². The van der Waals surface area contributed by atoms with Crippen LogP contribution < -0.4 is 20.1 Å². The molecule has 0 unspecified atom stereocenters. The van der Waals surface area contributed by atoms with Crippen LogP contribution in [-0.2, 0) is 13.0 Å². The number of likely N-dealkylation sites (tertiary alicyclic amines) is 1. The normalized spacial score (nSPS) is 14.9. The third-order valence-corrected chi connectivity index (χ3v) is 5.73. The van der Waals surface area contributed by atoms with Crippen molar-refractivity contribution in [1.29, 1.82) is 0 Å². The lowest BCUT2D eigenvalue weighted by Gasteiger charge is -2.32. The molecule has 2 aromatic carbocycles. The number of aryl methyl sites for hydroxylation is 1. The van der Waals surface area contributed by atoms with Gasteiger partial charge in [0.25, 0.3) is 0 Å². The summed E-state index contributed by atoms with van der Waals surface area (Å²) in [4.78, 5) is 14.7. The number of carbonyl (C=O) groups excluding carboxylic acids is 1. The van der Waals surface area contributed by atoms with E-state index in [1.807, 2.05) is 18.2 Å². The molecule has 3 rings (SSSR count). The highest BCUT2D eigenvalue weighted by molar-refractivity contribution is 5.74. The molecular formula is C24H33N3O3. The zero-order chi connectivity index (χ0) is 21.3. The molecule has 1 aliphatic rings. The third kappa shape index (κ3) is 6.13. The van der Waals surface area contributed by atoms with Crippen LogP contribution in [0.2, 0.25) is 0 Å². The quantitative estimate of drug-likeness (QED) is 0.698. The average molecular weight is 412 g/mol. The van der Waals surface area contributed by atoms with Gasteiger partial charge in [-0.05, 0) is 55.0 Å². The molecule has 162 valence electrons. The highest BCUT2D eigenvalue weighted by Crippen LogP contribution is 2.27. The summed E-state index contributed by atoms with van der Waals surface area (Å²) in [7, 11) is 3.25. The number of urea groups is 1. The molecule has 1 fully saturated rings. The molecular weight excluding hydrogens is 378 g/mol. The van der Waals surface area contributed by atoms with Crippen LogP contribution in [0.5, 0.6) is 11.5 Å². The first-order valence-corrected chi connectivity index (χ1v) is 10.6. The van der Waals surface area contributed by atoms with Crippen molar-refractivity contribution in [2.75, 3.05) is 33.9 Å². The van der Waals surface area contributed by atoms with Gasteiger partial charge in [-0.2, -0.15) is 0 Å². The van der Waals surface area contributed by atoms with E-state index in [0.717, 1.165) is 44.5 Å². The second kappa shape index (κ2) is 10.9. The monoisotopic (exact) mass is 411 g/mol. The summed E-state index contributed by atoms with van der Waals surface area (Å²) in [5.41, 5.74) is 3.82. The number of carbonyl (C=O) groups is 1. The smallest absolute Gasteiger partial charge is 0.315 e. The topological polar surface area (TPSA) is 62.8 Å². The molecule has 1 heterocycles. The van der Waals surface area contributed by atoms with Crippen LogP contribution in [0, 0.1) is 6.92 Å². The number of piperidine rings is 1. The van der Waals surface area contributed by atoms with Gasteiger partial charge in [-0.25, -0.2) is 4.79 Å². The number of ether oxygens (including phenoxy) is 2. The number of nitrogens with zero attached hydrogens (tertiary/aromatic N) is 1. The zero-order valence-electron chi connectivity index (χ0n) is 18.2. The third-order valence-electron chi connectivity index (χ3n) is 5.73. The van der Waals surface area contributed by atoms with Crippen LogP contribution in [0.25, 0.3) is 0 Å². The molecule has 0 aliphatic carbocycles. The van der Waals surface area contributed by atoms with Gasteiger partial charge in [-0.15, -0.1) is 0 Å². The van der Waals surface area contributed by atoms with Crippen LogP contribution in [0.15, 0.2) is 42.5 Å². The Hall–Kier alpha value is -2.73. The molecule has 6 heteroatoms. The lowest BCUT2D eigenvalue weighted by atomic mass is 10.0. The fourth-order valence-electron chi connectivity index (χ4n) is 3.86. The number of methoxy groups -OCH3 is 2. The Kier molecular flexibility index (Phi) is 7.97. The van der Waals surface area contributed by atoms with Crippen LogP contribution in [0.3, 0.4) is 0 Å². The molecule has 0 atom stereocenters. The van der Waals surface area contributed by atoms with E-state index in [9.17, 15) is 4.79 Å². The van der Waals surface area contributed by atoms with Gasteiger partial charge in [0.2, 0.25) is 0 Å². The van der Waals surface area contributed by atoms with E-state index in [1.54, 1.807) is 14.2 Å². The molecule has 6 nitrogen and oxygen atoms in total. The van der Waals surface area contributed by atoms with E-state index in [-0.39, 0.29) is 12.1 Å². The molecule has 0 spiro atoms. The molecule has 0 aromatic heterocycles. The van der Waals surface area contributed by atoms with E-state index in [0.29, 0.717) is 18.0 Å². The van der Waals surface area contributed by atoms with Crippen molar-refractivity contribution < 1.29 is 14.3 Å². The van der Waals surface area contributed by atoms with Crippen molar-refractivity contribution in [2.24, 2.45) is 0 Å². The van der Waals surface area contributed by atoms with E-state index in [1.165, 1.54) is 11.1 Å². The highest BCUT2D eigenvalue weighted by atomic mass is 16.5. The molecule has 2 N–H and O–H groups in total. The molecule has 0 radical (unpaired) electrons. The first-order chi connectivity index (χ1) is 14.6. The number of benzene rings is 2. The molecule has 1 aliphatic heterocycles. The van der Waals surface area contributed by atoms with Gasteiger partial charge in [0.15, 0.2) is 11.5 Å². The maximum absolute atomic E-state index is 12.3. The molecule has 1 saturated heterocycles. The Morgan fingerprint density at radius 3 is 2.50 bits per heavy atom. The summed E-state index contributed by atoms with van der Waals surface area (Å²) in [6.45, 7) is 5.73. The minimum atomic E-state index is -0.0900. The van der Waals surface area contributed by atoms with Gasteiger partial charge in [-0.3, -0.25) is 4.90 Å². The minimum Gasteiger partial charge on any atom is -0.493 e. The number of hydrogen-bond donors (Lipinski definition) is 2. The van der Waals surface area contributed by atoms with Crippen molar-refractivity contribution in [3.63, 3.8) is 0 Å². The highest BCUT2D eigenvalue weighted by Gasteiger charge is 2.21. The van der Waals surface area contributed by atoms with Crippen LogP contribution in [0.4, 0.5) is 4.79 Å². The SMILES string of the molecule is COc1ccc(CCNC(=O)NC2CCN(Cc3ccccc3C)CC2)cc1OC. The van der Waals surface area contributed by atoms with Gasteiger partial charge < -0.3 is 20.1 Å². The minimum absolute atomic E-state index is 0.0900. The summed E-state index contributed by atoms with van der Waals surface area (Å²) in [5.74, 6) is 1.41. The number of rotatable bonds is 8. The van der Waals surface area contributed by atoms with E-state index >= 15 is 0 Å². The lowest BCUT2D eigenvalue weighted by Crippen LogP contribution is -2.48. The van der Waals surface area contributed by atoms with Gasteiger partial charge in [0, 0.05) is 32.2 Å². The Labute approximate surface area is 179 Å². The number of hydrogen-bond acceptors (Lipinski definition) is 4. The molecule has 30 heavy (non-hydrogen) atoms. The number of nitrogens with one attached hydrogen (secondary N) is 2. The average Bonchev–Trinajstić information content (AvgIpc) is 2.76. The predicted molar refractivity (Wildman–Crippen MR) is 119 cm³/mol. The standard InChI is InChI=1S/C24H33N3O3/c1-18-6-4-5-7-20(18)17-27-14-11-21(12-15-27)26-24(28)25-13-10-19-8-9-22(29-2)23(16-19)30-3/h4-9,16,21H,10-15,17H2,1-3H3,(H2,25,26,28). The second-order valence-electron chi connectivity index (χ2n) is 7.82. The van der Waals surface area contributed by atoms with E-state index in [2.05, 4.69) is 46.7 Å². The predicted octanol–water partition coefficient (Wildman–Crippen LogP) is 3.52. The summed E-state index contributed by atoms with van der Waals surface area (Å²) in [6, 6.07) is 14.5. The van der Waals surface area contributed by atoms with Crippen molar-refractivity contribution in [2.45, 2.75) is 38.8 Å². The summed E-state index contributed by atoms with van der Waals surface area (Å²) in [6.07, 6.45) is 2.70. The summed E-state index contributed by atoms with van der Waals surface area (Å²) < 4.78 is 10.6. The first-order valence-electron chi connectivity index (χ1n) is 10.6. The largest absolute Gasteiger partial charge is 0.493 e. The van der Waals surface area contributed by atoms with Crippen molar-refractivity contribution in [3.8, 4) is 11.5 Å². The van der Waals surface area contributed by atoms with Crippen molar-refractivity contribution >= 4 is 6.03 Å². The molecule has 0 bridgehead atoms. The maximum atomic E-state index is 12.3. The fraction of sp³-hybridized carbons (Fsp3) is 0.458. The Morgan fingerprint density at radius 2 is 1.80 bits per heavy atom. The van der Waals surface area contributed by atoms with Crippen molar-refractivity contribution in [3.05, 3.63) is 59.2 Å². The Bertz CT molecular complexity index is 832. The van der Waals surface area contributed by atoms with E-state index in [4.69, 9.17) is 9.47 Å². The number of amides is 2. The maximum Gasteiger partial charge on any atom is 0.315 e. The zero-order valence-corrected chi connectivity index (χ0v) is 18.2. The molecule has 0 saturated carbocycles. The Balaban J connectivity index is 1.36. The van der Waals surface area contributed by atoms with Crippen LogP contribution in [0.1, 0.15) is 29.5 Å². The fourth-order valence-corrected chi connectivity index (χ4v) is 3.86. The lowest BCUT2D eigenvalue weighted by molar-refractivity contribution is 0.186. The summed E-state index contributed by atoms with van der Waals surface area (Å²) >= 11 is 0. The second-order valence-corrected chi connectivity index (χ2v) is 7.82. The molecule has 2 aromatic rings. The first kappa shape index (κ1) is 22.0. The van der Waals surface area contributed by atoms with Gasteiger partial charge >= 0.3 is 6.03 Å². The van der Waals surface area contributed by atoms with E-state index < -0.39 is 0 Å². The molecule has 2 amide bonds. The van der Waals surface area contributed by atoms with Gasteiger partial charge in [0.05, 0.1) is 14.2 Å². The van der Waals surface area contributed by atoms with Crippen molar-refractivity contribution in [1.82, 2.24) is 15.5 Å². The Morgan fingerprint density at radius 1 is 1.07 bits per heavy atom. The van der Waals surface area contributed by atoms with Crippen LogP contribution in [-0.4, -0.2) is 50.8 Å². The van der Waals surface area contributed by atoms with Gasteiger partial charge in [-0.1, -0.05) is 30.3 Å².